The average Bonchev–Trinajstić information content (AvgIpc) is 2.45. The number of ether oxygens (including phenoxy) is 2. The van der Waals surface area contributed by atoms with Gasteiger partial charge in [0, 0.05) is 6.04 Å². The highest BCUT2D eigenvalue weighted by Crippen LogP contribution is 2.13. The summed E-state index contributed by atoms with van der Waals surface area (Å²) < 4.78 is 10.2. The van der Waals surface area contributed by atoms with Gasteiger partial charge in [-0.3, -0.25) is 4.79 Å². The molecule has 1 atom stereocenters. The molecule has 7 heteroatoms. The molecule has 1 unspecified atom stereocenters. The minimum atomic E-state index is -0.712. The smallest absolute Gasteiger partial charge is 0.407 e. The largest absolute Gasteiger partial charge is 0.494 e. The lowest BCUT2D eigenvalue weighted by Crippen LogP contribution is -2.37. The first-order valence-corrected chi connectivity index (χ1v) is 6.67. The molecule has 0 spiro atoms. The SMILES string of the molecule is CCOc1ccc(CC(N)COC(=O)NCC(N)=O)cc1. The van der Waals surface area contributed by atoms with Gasteiger partial charge in [0.15, 0.2) is 0 Å². The monoisotopic (exact) mass is 295 g/mol. The number of hydrogen-bond acceptors (Lipinski definition) is 5. The molecule has 5 N–H and O–H groups in total. The minimum absolute atomic E-state index is 0.0534. The second-order valence-electron chi connectivity index (χ2n) is 4.46. The van der Waals surface area contributed by atoms with Gasteiger partial charge in [-0.05, 0) is 31.0 Å². The summed E-state index contributed by atoms with van der Waals surface area (Å²) in [5.41, 5.74) is 11.8. The molecule has 0 aliphatic rings. The summed E-state index contributed by atoms with van der Waals surface area (Å²) in [7, 11) is 0. The van der Waals surface area contributed by atoms with Crippen LogP contribution >= 0.6 is 0 Å². The van der Waals surface area contributed by atoms with Crippen molar-refractivity contribution in [3.63, 3.8) is 0 Å². The molecule has 1 rings (SSSR count). The van der Waals surface area contributed by atoms with Crippen molar-refractivity contribution in [3.8, 4) is 5.75 Å². The van der Waals surface area contributed by atoms with Gasteiger partial charge in [-0.25, -0.2) is 4.79 Å². The number of carbonyl (C=O) groups excluding carboxylic acids is 2. The van der Waals surface area contributed by atoms with Gasteiger partial charge in [-0.1, -0.05) is 12.1 Å². The molecule has 21 heavy (non-hydrogen) atoms. The lowest BCUT2D eigenvalue weighted by atomic mass is 10.1. The van der Waals surface area contributed by atoms with Gasteiger partial charge in [0.2, 0.25) is 5.91 Å². The summed E-state index contributed by atoms with van der Waals surface area (Å²) >= 11 is 0. The Hall–Kier alpha value is -2.28. The van der Waals surface area contributed by atoms with Crippen LogP contribution < -0.4 is 21.5 Å². The van der Waals surface area contributed by atoms with Gasteiger partial charge in [0.05, 0.1) is 13.2 Å². The molecule has 1 aromatic rings. The Morgan fingerprint density at radius 1 is 1.29 bits per heavy atom. The van der Waals surface area contributed by atoms with Gasteiger partial charge in [-0.2, -0.15) is 0 Å². The third-order valence-corrected chi connectivity index (χ3v) is 2.57. The van der Waals surface area contributed by atoms with Gasteiger partial charge in [0.25, 0.3) is 0 Å². The molecule has 0 saturated heterocycles. The maximum absolute atomic E-state index is 11.2. The van der Waals surface area contributed by atoms with Crippen molar-refractivity contribution >= 4 is 12.0 Å². The zero-order chi connectivity index (χ0) is 15.7. The Morgan fingerprint density at radius 3 is 2.52 bits per heavy atom. The number of hydrogen-bond donors (Lipinski definition) is 3. The van der Waals surface area contributed by atoms with E-state index in [9.17, 15) is 9.59 Å². The molecule has 0 heterocycles. The van der Waals surface area contributed by atoms with Gasteiger partial charge in [0.1, 0.15) is 12.4 Å². The molecule has 116 valence electrons. The Balaban J connectivity index is 2.31. The van der Waals surface area contributed by atoms with E-state index in [0.29, 0.717) is 13.0 Å². The minimum Gasteiger partial charge on any atom is -0.494 e. The maximum atomic E-state index is 11.2. The zero-order valence-electron chi connectivity index (χ0n) is 12.0. The van der Waals surface area contributed by atoms with Crippen molar-refractivity contribution < 1.29 is 19.1 Å². The fraction of sp³-hybridized carbons (Fsp3) is 0.429. The molecule has 0 aromatic heterocycles. The molecule has 0 saturated carbocycles. The van der Waals surface area contributed by atoms with Crippen molar-refractivity contribution in [2.24, 2.45) is 11.5 Å². The van der Waals surface area contributed by atoms with Crippen LogP contribution in [-0.2, 0) is 16.0 Å². The average molecular weight is 295 g/mol. The molecular formula is C14H21N3O4. The highest BCUT2D eigenvalue weighted by Gasteiger charge is 2.09. The Labute approximate surface area is 123 Å². The molecule has 0 fully saturated rings. The van der Waals surface area contributed by atoms with Gasteiger partial charge in [-0.15, -0.1) is 0 Å². The number of alkyl carbamates (subject to hydrolysis) is 1. The lowest BCUT2D eigenvalue weighted by Gasteiger charge is -2.13. The molecule has 2 amide bonds. The van der Waals surface area contributed by atoms with Crippen LogP contribution in [0.4, 0.5) is 4.79 Å². The summed E-state index contributed by atoms with van der Waals surface area (Å²) in [4.78, 5) is 21.7. The quantitative estimate of drug-likeness (QED) is 0.632. The van der Waals surface area contributed by atoms with Crippen molar-refractivity contribution in [3.05, 3.63) is 29.8 Å². The highest BCUT2D eigenvalue weighted by molar-refractivity contribution is 5.80. The van der Waals surface area contributed by atoms with Crippen LogP contribution in [0.2, 0.25) is 0 Å². The first-order valence-electron chi connectivity index (χ1n) is 6.67. The Bertz CT molecular complexity index is 462. The first kappa shape index (κ1) is 16.8. The summed E-state index contributed by atoms with van der Waals surface area (Å²) in [6.45, 7) is 2.34. The van der Waals surface area contributed by atoms with Crippen molar-refractivity contribution in [2.45, 2.75) is 19.4 Å². The normalized spacial score (nSPS) is 11.5. The van der Waals surface area contributed by atoms with E-state index in [1.165, 1.54) is 0 Å². The molecule has 7 nitrogen and oxygen atoms in total. The number of benzene rings is 1. The zero-order valence-corrected chi connectivity index (χ0v) is 12.0. The molecule has 0 aliphatic carbocycles. The van der Waals surface area contributed by atoms with E-state index in [4.69, 9.17) is 20.9 Å². The van der Waals surface area contributed by atoms with E-state index < -0.39 is 12.0 Å². The Morgan fingerprint density at radius 2 is 1.95 bits per heavy atom. The standard InChI is InChI=1S/C14H21N3O4/c1-2-20-12-5-3-10(4-6-12)7-11(15)9-21-14(19)17-8-13(16)18/h3-6,11H,2,7-9,15H2,1H3,(H2,16,18)(H,17,19). The summed E-state index contributed by atoms with van der Waals surface area (Å²) in [5.74, 6) is 0.169. The number of nitrogens with one attached hydrogen (secondary N) is 1. The first-order chi connectivity index (χ1) is 10.0. The van der Waals surface area contributed by atoms with E-state index in [2.05, 4.69) is 5.32 Å². The number of carbonyl (C=O) groups is 2. The van der Waals surface area contributed by atoms with E-state index in [1.807, 2.05) is 31.2 Å². The molecule has 1 aromatic carbocycles. The lowest BCUT2D eigenvalue weighted by molar-refractivity contribution is -0.117. The summed E-state index contributed by atoms with van der Waals surface area (Å²) in [6.07, 6.45) is -0.147. The topological polar surface area (TPSA) is 117 Å². The molecule has 0 radical (unpaired) electrons. The fourth-order valence-electron chi connectivity index (χ4n) is 1.64. The third-order valence-electron chi connectivity index (χ3n) is 2.57. The number of amides is 2. The van der Waals surface area contributed by atoms with E-state index in [-0.39, 0.29) is 19.2 Å². The van der Waals surface area contributed by atoms with Crippen molar-refractivity contribution in [1.82, 2.24) is 5.32 Å². The van der Waals surface area contributed by atoms with Crippen LogP contribution in [0.25, 0.3) is 0 Å². The van der Waals surface area contributed by atoms with Crippen molar-refractivity contribution in [1.29, 1.82) is 0 Å². The van der Waals surface area contributed by atoms with Crippen LogP contribution in [0.3, 0.4) is 0 Å². The van der Waals surface area contributed by atoms with E-state index >= 15 is 0 Å². The van der Waals surface area contributed by atoms with E-state index in [1.54, 1.807) is 0 Å². The summed E-state index contributed by atoms with van der Waals surface area (Å²) in [5, 5.41) is 2.22. The maximum Gasteiger partial charge on any atom is 0.407 e. The van der Waals surface area contributed by atoms with Crippen LogP contribution in [0.1, 0.15) is 12.5 Å². The van der Waals surface area contributed by atoms with Gasteiger partial charge < -0.3 is 26.3 Å². The van der Waals surface area contributed by atoms with Crippen LogP contribution in [-0.4, -0.2) is 37.8 Å². The second kappa shape index (κ2) is 8.80. The highest BCUT2D eigenvalue weighted by atomic mass is 16.5. The number of primary amides is 1. The second-order valence-corrected chi connectivity index (χ2v) is 4.46. The van der Waals surface area contributed by atoms with Crippen LogP contribution in [0.15, 0.2) is 24.3 Å². The van der Waals surface area contributed by atoms with Crippen LogP contribution in [0.5, 0.6) is 5.75 Å². The van der Waals surface area contributed by atoms with Crippen LogP contribution in [0, 0.1) is 0 Å². The predicted molar refractivity (Wildman–Crippen MR) is 77.8 cm³/mol. The molecule has 0 aliphatic heterocycles. The molecule has 0 bridgehead atoms. The Kier molecular flexibility index (Phi) is 7.03. The van der Waals surface area contributed by atoms with Crippen molar-refractivity contribution in [2.75, 3.05) is 19.8 Å². The fourth-order valence-corrected chi connectivity index (χ4v) is 1.64. The third kappa shape index (κ3) is 7.17. The molecular weight excluding hydrogens is 274 g/mol. The predicted octanol–water partition coefficient (Wildman–Crippen LogP) is 0.167. The number of rotatable bonds is 8. The van der Waals surface area contributed by atoms with E-state index in [0.717, 1.165) is 11.3 Å². The number of nitrogens with two attached hydrogens (primary N) is 2. The summed E-state index contributed by atoms with van der Waals surface area (Å²) in [6, 6.07) is 7.23. The van der Waals surface area contributed by atoms with Gasteiger partial charge >= 0.3 is 6.09 Å².